The monoisotopic (exact) mass is 227 g/mol. The molecule has 0 radical (unpaired) electrons. The van der Waals surface area contributed by atoms with Crippen LogP contribution in [-0.2, 0) is 19.2 Å². The van der Waals surface area contributed by atoms with Gasteiger partial charge in [-0.25, -0.2) is 4.79 Å². The quantitative estimate of drug-likeness (QED) is 0.522. The number of hydroxylamine groups is 2. The van der Waals surface area contributed by atoms with E-state index in [1.54, 1.807) is 6.92 Å². The highest BCUT2D eigenvalue weighted by Gasteiger charge is 2.39. The minimum Gasteiger partial charge on any atom is -0.426 e. The van der Waals surface area contributed by atoms with Crippen LogP contribution < -0.4 is 0 Å². The van der Waals surface area contributed by atoms with E-state index in [1.165, 1.54) is 0 Å². The summed E-state index contributed by atoms with van der Waals surface area (Å²) in [5, 5.41) is 0.490. The van der Waals surface area contributed by atoms with Crippen molar-refractivity contribution in [3.05, 3.63) is 0 Å². The Kier molecular flexibility index (Phi) is 2.57. The Bertz CT molecular complexity index is 331. The average Bonchev–Trinajstić information content (AvgIpc) is 2.47. The normalized spacial score (nSPS) is 22.9. The van der Waals surface area contributed by atoms with E-state index >= 15 is 0 Å². The lowest BCUT2D eigenvalue weighted by atomic mass is 9.82. The van der Waals surface area contributed by atoms with Crippen LogP contribution in [0.1, 0.15) is 39.0 Å². The molecule has 0 aromatic rings. The molecule has 6 nitrogen and oxygen atoms in total. The summed E-state index contributed by atoms with van der Waals surface area (Å²) in [7, 11) is 0. The van der Waals surface area contributed by atoms with Crippen molar-refractivity contribution < 1.29 is 24.0 Å². The van der Waals surface area contributed by atoms with Gasteiger partial charge in [-0.3, -0.25) is 14.4 Å². The molecule has 1 aliphatic carbocycles. The van der Waals surface area contributed by atoms with Gasteiger partial charge in [-0.15, -0.1) is 0 Å². The lowest BCUT2D eigenvalue weighted by molar-refractivity contribution is -0.184. The number of rotatable bonds is 2. The van der Waals surface area contributed by atoms with Crippen molar-refractivity contribution in [3.8, 4) is 0 Å². The molecule has 2 fully saturated rings. The highest BCUT2D eigenvalue weighted by atomic mass is 16.8. The number of hydrogen-bond acceptors (Lipinski definition) is 5. The van der Waals surface area contributed by atoms with E-state index in [1.807, 2.05) is 0 Å². The van der Waals surface area contributed by atoms with E-state index in [0.717, 1.165) is 19.3 Å². The number of carbonyl (C=O) groups is 3. The topological polar surface area (TPSA) is 72.9 Å². The first-order valence-electron chi connectivity index (χ1n) is 5.27. The van der Waals surface area contributed by atoms with E-state index in [9.17, 15) is 14.4 Å². The van der Waals surface area contributed by atoms with Crippen molar-refractivity contribution in [3.63, 3.8) is 0 Å². The first-order valence-corrected chi connectivity index (χ1v) is 5.27. The van der Waals surface area contributed by atoms with Gasteiger partial charge in [-0.05, 0) is 26.2 Å². The fourth-order valence-electron chi connectivity index (χ4n) is 1.73. The van der Waals surface area contributed by atoms with Gasteiger partial charge in [0.05, 0.1) is 0 Å². The van der Waals surface area contributed by atoms with Crippen molar-refractivity contribution >= 4 is 18.0 Å². The highest BCUT2D eigenvalue weighted by Crippen LogP contribution is 2.35. The molecule has 2 aliphatic rings. The van der Waals surface area contributed by atoms with Crippen LogP contribution in [0.15, 0.2) is 0 Å². The van der Waals surface area contributed by atoms with Crippen LogP contribution in [-0.4, -0.2) is 28.6 Å². The van der Waals surface area contributed by atoms with Gasteiger partial charge in [-0.2, -0.15) is 0 Å². The van der Waals surface area contributed by atoms with Crippen molar-refractivity contribution in [2.24, 2.45) is 0 Å². The highest BCUT2D eigenvalue weighted by molar-refractivity contribution is 6.01. The molecule has 1 heterocycles. The molecule has 6 heteroatoms. The molecule has 88 valence electrons. The molecule has 1 saturated carbocycles. The zero-order valence-corrected chi connectivity index (χ0v) is 9.02. The number of ether oxygens (including phenoxy) is 1. The Morgan fingerprint density at radius 2 is 1.81 bits per heavy atom. The van der Waals surface area contributed by atoms with Crippen LogP contribution in [0, 0.1) is 0 Å². The molecule has 2 rings (SSSR count). The van der Waals surface area contributed by atoms with E-state index in [0.29, 0.717) is 5.06 Å². The van der Waals surface area contributed by atoms with Crippen LogP contribution in [0.4, 0.5) is 4.79 Å². The summed E-state index contributed by atoms with van der Waals surface area (Å²) < 4.78 is 5.03. The number of nitrogens with zero attached hydrogens (tertiary/aromatic N) is 1. The summed E-state index contributed by atoms with van der Waals surface area (Å²) in [6.45, 7) is 1.80. The molecule has 0 spiro atoms. The number of hydrogen-bond donors (Lipinski definition) is 0. The Morgan fingerprint density at radius 3 is 2.25 bits per heavy atom. The molecular weight excluding hydrogens is 214 g/mol. The van der Waals surface area contributed by atoms with E-state index in [4.69, 9.17) is 4.74 Å². The Balaban J connectivity index is 1.87. The van der Waals surface area contributed by atoms with Crippen molar-refractivity contribution in [1.29, 1.82) is 0 Å². The third kappa shape index (κ3) is 2.00. The number of carbonyl (C=O) groups excluding carboxylic acids is 3. The van der Waals surface area contributed by atoms with E-state index in [-0.39, 0.29) is 12.8 Å². The van der Waals surface area contributed by atoms with Crippen molar-refractivity contribution in [2.45, 2.75) is 44.6 Å². The largest absolute Gasteiger partial charge is 0.534 e. The van der Waals surface area contributed by atoms with Crippen molar-refractivity contribution in [2.75, 3.05) is 0 Å². The smallest absolute Gasteiger partial charge is 0.426 e. The first kappa shape index (κ1) is 10.9. The molecule has 0 aromatic carbocycles. The molecule has 0 bridgehead atoms. The molecule has 0 unspecified atom stereocenters. The van der Waals surface area contributed by atoms with Gasteiger partial charge >= 0.3 is 6.16 Å². The van der Waals surface area contributed by atoms with Crippen LogP contribution in [0.3, 0.4) is 0 Å². The van der Waals surface area contributed by atoms with E-state index in [2.05, 4.69) is 4.84 Å². The number of amides is 2. The predicted molar refractivity (Wildman–Crippen MR) is 50.9 cm³/mol. The molecule has 0 N–H and O–H groups in total. The molecule has 1 saturated heterocycles. The Hall–Kier alpha value is -1.59. The molecule has 1 aliphatic heterocycles. The molecule has 0 aromatic heterocycles. The fourth-order valence-corrected chi connectivity index (χ4v) is 1.73. The standard InChI is InChI=1S/C10H13NO5/c1-10(5-2-6-10)15-9(14)16-11-7(12)3-4-8(11)13/h2-6H2,1H3. The van der Waals surface area contributed by atoms with Crippen LogP contribution in [0.25, 0.3) is 0 Å². The van der Waals surface area contributed by atoms with Crippen LogP contribution in [0.5, 0.6) is 0 Å². The van der Waals surface area contributed by atoms with Crippen LogP contribution in [0.2, 0.25) is 0 Å². The van der Waals surface area contributed by atoms with Gasteiger partial charge in [0.1, 0.15) is 5.60 Å². The lowest BCUT2D eigenvalue weighted by Gasteiger charge is -2.36. The third-order valence-corrected chi connectivity index (χ3v) is 2.91. The first-order chi connectivity index (χ1) is 7.50. The summed E-state index contributed by atoms with van der Waals surface area (Å²) in [6, 6.07) is 0. The minimum atomic E-state index is -0.981. The molecule has 16 heavy (non-hydrogen) atoms. The predicted octanol–water partition coefficient (Wildman–Crippen LogP) is 1.15. The summed E-state index contributed by atoms with van der Waals surface area (Å²) in [5.41, 5.74) is -0.497. The second-order valence-electron chi connectivity index (χ2n) is 4.33. The van der Waals surface area contributed by atoms with Gasteiger partial charge in [0, 0.05) is 12.8 Å². The Morgan fingerprint density at radius 1 is 1.25 bits per heavy atom. The summed E-state index contributed by atoms with van der Waals surface area (Å²) in [4.78, 5) is 38.2. The van der Waals surface area contributed by atoms with Gasteiger partial charge in [0.25, 0.3) is 11.8 Å². The van der Waals surface area contributed by atoms with E-state index < -0.39 is 23.6 Å². The SMILES string of the molecule is CC1(OC(=O)ON2C(=O)CCC2=O)CCC1. The van der Waals surface area contributed by atoms with Crippen molar-refractivity contribution in [1.82, 2.24) is 5.06 Å². The van der Waals surface area contributed by atoms with Gasteiger partial charge in [-0.1, -0.05) is 5.06 Å². The molecule has 2 amide bonds. The third-order valence-electron chi connectivity index (χ3n) is 2.91. The maximum absolute atomic E-state index is 11.3. The second-order valence-corrected chi connectivity index (χ2v) is 4.33. The van der Waals surface area contributed by atoms with Gasteiger partial charge in [0.15, 0.2) is 0 Å². The average molecular weight is 227 g/mol. The van der Waals surface area contributed by atoms with Gasteiger partial charge in [0.2, 0.25) is 0 Å². The second kappa shape index (κ2) is 3.77. The van der Waals surface area contributed by atoms with Crippen LogP contribution >= 0.6 is 0 Å². The maximum atomic E-state index is 11.3. The zero-order chi connectivity index (χ0) is 11.8. The fraction of sp³-hybridized carbons (Fsp3) is 0.700. The Labute approximate surface area is 92.4 Å². The summed E-state index contributed by atoms with van der Waals surface area (Å²) >= 11 is 0. The lowest BCUT2D eigenvalue weighted by Crippen LogP contribution is -2.41. The molecular formula is C10H13NO5. The minimum absolute atomic E-state index is 0.0867. The van der Waals surface area contributed by atoms with Gasteiger partial charge < -0.3 is 4.74 Å². The number of imide groups is 1. The zero-order valence-electron chi connectivity index (χ0n) is 9.02. The summed E-state index contributed by atoms with van der Waals surface area (Å²) in [5.74, 6) is -0.999. The maximum Gasteiger partial charge on any atom is 0.534 e. The summed E-state index contributed by atoms with van der Waals surface area (Å²) in [6.07, 6.45) is 1.76. The molecule has 0 atom stereocenters.